The number of carbonyl (C=O) groups is 1. The van der Waals surface area contributed by atoms with Crippen LogP contribution in [0.25, 0.3) is 10.6 Å². The molecule has 3 rings (SSSR count). The van der Waals surface area contributed by atoms with Gasteiger partial charge in [-0.25, -0.2) is 4.39 Å². The van der Waals surface area contributed by atoms with Gasteiger partial charge in [0.1, 0.15) is 10.8 Å². The number of rotatable bonds is 12. The van der Waals surface area contributed by atoms with Crippen molar-refractivity contribution in [3.8, 4) is 10.6 Å². The van der Waals surface area contributed by atoms with Crippen LogP contribution < -0.4 is 14.9 Å². The number of nitrogens with zero attached hydrogens (tertiary/aromatic N) is 3. The molecule has 170 valence electrons. The predicted octanol–water partition coefficient (Wildman–Crippen LogP) is 4.75. The molecule has 1 amide bonds. The zero-order valence-corrected chi connectivity index (χ0v) is 19.9. The van der Waals surface area contributed by atoms with E-state index in [9.17, 15) is 9.18 Å². The molecule has 3 aromatic rings. The molecule has 1 heterocycles. The SMILES string of the molecule is CCCCN(C(=O)c1ccccc1F)c1nnc(-c2ccc(CNCCNSC)cc2)s1. The van der Waals surface area contributed by atoms with Gasteiger partial charge in [0.05, 0.1) is 5.56 Å². The van der Waals surface area contributed by atoms with Crippen LogP contribution in [0.5, 0.6) is 0 Å². The Morgan fingerprint density at radius 2 is 1.91 bits per heavy atom. The van der Waals surface area contributed by atoms with E-state index in [4.69, 9.17) is 0 Å². The molecule has 0 radical (unpaired) electrons. The number of aromatic nitrogens is 2. The van der Waals surface area contributed by atoms with Crippen molar-refractivity contribution in [3.63, 3.8) is 0 Å². The van der Waals surface area contributed by atoms with Gasteiger partial charge in [0, 0.05) is 31.7 Å². The molecule has 0 aliphatic rings. The first-order chi connectivity index (χ1) is 15.6. The van der Waals surface area contributed by atoms with Crippen molar-refractivity contribution in [3.05, 3.63) is 65.5 Å². The van der Waals surface area contributed by atoms with Gasteiger partial charge in [-0.1, -0.05) is 73.0 Å². The number of benzene rings is 2. The summed E-state index contributed by atoms with van der Waals surface area (Å²) in [6.07, 6.45) is 3.72. The zero-order chi connectivity index (χ0) is 22.8. The third-order valence-corrected chi connectivity index (χ3v) is 6.30. The fourth-order valence-corrected chi connectivity index (χ4v) is 4.24. The van der Waals surface area contributed by atoms with E-state index in [-0.39, 0.29) is 5.56 Å². The average molecular weight is 474 g/mol. The van der Waals surface area contributed by atoms with Crippen molar-refractivity contribution in [2.24, 2.45) is 0 Å². The second-order valence-corrected chi connectivity index (χ2v) is 8.81. The number of anilines is 1. The van der Waals surface area contributed by atoms with E-state index in [2.05, 4.69) is 32.4 Å². The minimum Gasteiger partial charge on any atom is -0.311 e. The Morgan fingerprint density at radius 3 is 2.62 bits per heavy atom. The van der Waals surface area contributed by atoms with Crippen molar-refractivity contribution < 1.29 is 9.18 Å². The Bertz CT molecular complexity index is 996. The van der Waals surface area contributed by atoms with Gasteiger partial charge in [-0.3, -0.25) is 14.4 Å². The zero-order valence-electron chi connectivity index (χ0n) is 18.3. The van der Waals surface area contributed by atoms with Crippen molar-refractivity contribution in [1.82, 2.24) is 20.2 Å². The fraction of sp³-hybridized carbons (Fsp3) is 0.348. The Balaban J connectivity index is 1.71. The number of unbranched alkanes of at least 4 members (excludes halogenated alkanes) is 1. The maximum absolute atomic E-state index is 14.2. The summed E-state index contributed by atoms with van der Waals surface area (Å²) in [5, 5.41) is 13.1. The van der Waals surface area contributed by atoms with Gasteiger partial charge in [0.25, 0.3) is 5.91 Å². The van der Waals surface area contributed by atoms with Gasteiger partial charge in [0.15, 0.2) is 0 Å². The van der Waals surface area contributed by atoms with Crippen LogP contribution in [0.15, 0.2) is 48.5 Å². The molecule has 0 aliphatic heterocycles. The summed E-state index contributed by atoms with van der Waals surface area (Å²) in [6.45, 7) is 5.11. The van der Waals surface area contributed by atoms with Crippen molar-refractivity contribution >= 4 is 34.3 Å². The van der Waals surface area contributed by atoms with Crippen molar-refractivity contribution in [2.75, 3.05) is 30.8 Å². The largest absolute Gasteiger partial charge is 0.311 e. The summed E-state index contributed by atoms with van der Waals surface area (Å²) in [6, 6.07) is 14.2. The third-order valence-electron chi connectivity index (χ3n) is 4.81. The lowest BCUT2D eigenvalue weighted by atomic mass is 10.1. The summed E-state index contributed by atoms with van der Waals surface area (Å²) in [5.74, 6) is -0.922. The smallest absolute Gasteiger partial charge is 0.263 e. The first-order valence-corrected chi connectivity index (χ1v) is 12.6. The molecule has 0 spiro atoms. The molecule has 0 saturated heterocycles. The lowest BCUT2D eigenvalue weighted by Gasteiger charge is -2.19. The maximum atomic E-state index is 14.2. The molecule has 0 atom stereocenters. The number of halogens is 1. The number of amides is 1. The normalized spacial score (nSPS) is 11.0. The molecule has 1 aromatic heterocycles. The van der Waals surface area contributed by atoms with Crippen LogP contribution >= 0.6 is 23.3 Å². The fourth-order valence-electron chi connectivity index (χ4n) is 3.06. The Morgan fingerprint density at radius 1 is 1.12 bits per heavy atom. The van der Waals surface area contributed by atoms with Gasteiger partial charge in [-0.2, -0.15) is 0 Å². The minimum absolute atomic E-state index is 0.0462. The van der Waals surface area contributed by atoms with E-state index < -0.39 is 11.7 Å². The summed E-state index contributed by atoms with van der Waals surface area (Å²) in [4.78, 5) is 14.6. The molecule has 0 aliphatic carbocycles. The van der Waals surface area contributed by atoms with Gasteiger partial charge in [-0.15, -0.1) is 10.2 Å². The van der Waals surface area contributed by atoms with E-state index in [0.29, 0.717) is 11.7 Å². The second-order valence-electron chi connectivity index (χ2n) is 7.15. The summed E-state index contributed by atoms with van der Waals surface area (Å²) in [5.41, 5.74) is 2.17. The van der Waals surface area contributed by atoms with E-state index in [1.54, 1.807) is 24.1 Å². The molecule has 0 unspecified atom stereocenters. The second kappa shape index (κ2) is 12.6. The average Bonchev–Trinajstić information content (AvgIpc) is 3.30. The molecule has 2 aromatic carbocycles. The van der Waals surface area contributed by atoms with Crippen LogP contribution in [0.2, 0.25) is 0 Å². The first kappa shape index (κ1) is 24.3. The highest BCUT2D eigenvalue weighted by Gasteiger charge is 2.23. The first-order valence-electron chi connectivity index (χ1n) is 10.6. The molecule has 2 N–H and O–H groups in total. The molecule has 32 heavy (non-hydrogen) atoms. The quantitative estimate of drug-likeness (QED) is 0.292. The van der Waals surface area contributed by atoms with Crippen LogP contribution in [0.4, 0.5) is 9.52 Å². The van der Waals surface area contributed by atoms with Crippen LogP contribution in [0.3, 0.4) is 0 Å². The van der Waals surface area contributed by atoms with Gasteiger partial charge in [0.2, 0.25) is 5.13 Å². The number of nitrogens with one attached hydrogen (secondary N) is 2. The van der Waals surface area contributed by atoms with Crippen molar-refractivity contribution in [2.45, 2.75) is 26.3 Å². The standard InChI is InChI=1S/C23H28FN5OS2/c1-3-4-15-29(22(30)19-7-5-6-8-20(19)24)23-28-27-21(32-23)18-11-9-17(10-12-18)16-25-13-14-26-31-2/h5-12,25-26H,3-4,13-16H2,1-2H3. The van der Waals surface area contributed by atoms with E-state index in [0.717, 1.165) is 43.0 Å². The molecule has 0 bridgehead atoms. The van der Waals surface area contributed by atoms with Gasteiger partial charge in [-0.05, 0) is 30.4 Å². The van der Waals surface area contributed by atoms with Crippen LogP contribution in [0, 0.1) is 5.82 Å². The van der Waals surface area contributed by atoms with Crippen LogP contribution in [-0.2, 0) is 6.54 Å². The number of hydrogen-bond donors (Lipinski definition) is 2. The highest BCUT2D eigenvalue weighted by Crippen LogP contribution is 2.30. The summed E-state index contributed by atoms with van der Waals surface area (Å²) >= 11 is 2.95. The number of hydrogen-bond acceptors (Lipinski definition) is 7. The molecule has 0 fully saturated rings. The lowest BCUT2D eigenvalue weighted by Crippen LogP contribution is -2.32. The summed E-state index contributed by atoms with van der Waals surface area (Å²) in [7, 11) is 0. The third kappa shape index (κ3) is 6.59. The molecular weight excluding hydrogens is 445 g/mol. The lowest BCUT2D eigenvalue weighted by molar-refractivity contribution is 0.0982. The Labute approximate surface area is 196 Å². The number of carbonyl (C=O) groups excluding carboxylic acids is 1. The molecule has 6 nitrogen and oxygen atoms in total. The maximum Gasteiger partial charge on any atom is 0.263 e. The Kier molecular flexibility index (Phi) is 9.61. The van der Waals surface area contributed by atoms with Crippen LogP contribution in [0.1, 0.15) is 35.7 Å². The van der Waals surface area contributed by atoms with E-state index in [1.807, 2.05) is 25.3 Å². The monoisotopic (exact) mass is 473 g/mol. The minimum atomic E-state index is -0.530. The molecule has 9 heteroatoms. The van der Waals surface area contributed by atoms with Gasteiger partial charge < -0.3 is 5.32 Å². The topological polar surface area (TPSA) is 70.2 Å². The molecular formula is C23H28FN5OS2. The van der Waals surface area contributed by atoms with E-state index in [1.165, 1.54) is 33.9 Å². The Hall–Kier alpha value is -2.33. The summed E-state index contributed by atoms with van der Waals surface area (Å²) < 4.78 is 17.4. The van der Waals surface area contributed by atoms with Gasteiger partial charge >= 0.3 is 0 Å². The highest BCUT2D eigenvalue weighted by atomic mass is 32.2. The van der Waals surface area contributed by atoms with Crippen LogP contribution in [-0.4, -0.2) is 42.0 Å². The van der Waals surface area contributed by atoms with Crippen molar-refractivity contribution in [1.29, 1.82) is 0 Å². The molecule has 0 saturated carbocycles. The predicted molar refractivity (Wildman–Crippen MR) is 132 cm³/mol. The van der Waals surface area contributed by atoms with E-state index >= 15 is 0 Å². The highest BCUT2D eigenvalue weighted by molar-refractivity contribution is 7.96.